The zero-order valence-electron chi connectivity index (χ0n) is 16.1. The lowest BCUT2D eigenvalue weighted by atomic mass is 10.2. The minimum Gasteiger partial charge on any atom is -0.467 e. The highest BCUT2D eigenvalue weighted by Crippen LogP contribution is 2.18. The van der Waals surface area contributed by atoms with Gasteiger partial charge in [0.2, 0.25) is 0 Å². The van der Waals surface area contributed by atoms with Crippen molar-refractivity contribution in [2.75, 3.05) is 6.61 Å². The van der Waals surface area contributed by atoms with Crippen LogP contribution >= 0.6 is 11.3 Å². The second kappa shape index (κ2) is 9.24. The molecule has 0 aliphatic rings. The minimum absolute atomic E-state index is 0.318. The van der Waals surface area contributed by atoms with E-state index in [9.17, 15) is 14.4 Å². The first kappa shape index (κ1) is 20.4. The van der Waals surface area contributed by atoms with Gasteiger partial charge >= 0.3 is 12.0 Å². The molecule has 0 atom stereocenters. The second-order valence-corrected chi connectivity index (χ2v) is 7.37. The van der Waals surface area contributed by atoms with Crippen LogP contribution in [0.5, 0.6) is 0 Å². The molecule has 0 unspecified atom stereocenters. The molecule has 152 valence electrons. The maximum atomic E-state index is 12.4. The number of thiophene rings is 1. The maximum Gasteiger partial charge on any atom is 0.340 e. The van der Waals surface area contributed by atoms with Crippen LogP contribution in [0, 0.1) is 13.8 Å². The van der Waals surface area contributed by atoms with Crippen LogP contribution in [0.3, 0.4) is 0 Å². The molecule has 3 amide bonds. The average molecular weight is 415 g/mol. The zero-order chi connectivity index (χ0) is 20.8. The number of nitrogens with one attached hydrogen (secondary N) is 2. The first-order valence-electron chi connectivity index (χ1n) is 8.90. The average Bonchev–Trinajstić information content (AvgIpc) is 3.44. The molecule has 29 heavy (non-hydrogen) atoms. The van der Waals surface area contributed by atoms with E-state index in [4.69, 9.17) is 9.15 Å². The number of urea groups is 1. The topological polar surface area (TPSA) is 103 Å². The van der Waals surface area contributed by atoms with Gasteiger partial charge in [-0.05, 0) is 43.5 Å². The number of aromatic nitrogens is 1. The van der Waals surface area contributed by atoms with E-state index in [1.165, 1.54) is 11.3 Å². The lowest BCUT2D eigenvalue weighted by Crippen LogP contribution is -2.41. The van der Waals surface area contributed by atoms with Gasteiger partial charge in [-0.2, -0.15) is 0 Å². The number of carbonyl (C=O) groups is 3. The van der Waals surface area contributed by atoms with E-state index in [2.05, 4.69) is 10.6 Å². The van der Waals surface area contributed by atoms with Crippen LogP contribution < -0.4 is 10.6 Å². The first-order valence-corrected chi connectivity index (χ1v) is 9.78. The molecule has 0 aliphatic carbocycles. The van der Waals surface area contributed by atoms with Crippen molar-refractivity contribution < 1.29 is 23.5 Å². The molecule has 3 aromatic heterocycles. The summed E-state index contributed by atoms with van der Waals surface area (Å²) in [6.45, 7) is 3.93. The Balaban J connectivity index is 1.49. The molecule has 0 saturated carbocycles. The fourth-order valence-electron chi connectivity index (χ4n) is 2.81. The van der Waals surface area contributed by atoms with Crippen molar-refractivity contribution in [3.8, 4) is 0 Å². The van der Waals surface area contributed by atoms with Gasteiger partial charge in [0.05, 0.1) is 24.9 Å². The Hall–Kier alpha value is -3.33. The van der Waals surface area contributed by atoms with E-state index in [1.54, 1.807) is 25.3 Å². The zero-order valence-corrected chi connectivity index (χ0v) is 16.9. The van der Waals surface area contributed by atoms with Gasteiger partial charge in [0.15, 0.2) is 6.61 Å². The second-order valence-electron chi connectivity index (χ2n) is 6.34. The molecule has 0 aliphatic heterocycles. The predicted octanol–water partition coefficient (Wildman–Crippen LogP) is 2.99. The van der Waals surface area contributed by atoms with Crippen molar-refractivity contribution in [3.05, 3.63) is 69.6 Å². The number of nitrogens with zero attached hydrogens (tertiary/aromatic N) is 1. The predicted molar refractivity (Wildman–Crippen MR) is 107 cm³/mol. The highest BCUT2D eigenvalue weighted by molar-refractivity contribution is 7.09. The number of imide groups is 1. The number of ether oxygens (including phenoxy) is 1. The molecular formula is C20H21N3O5S. The summed E-state index contributed by atoms with van der Waals surface area (Å²) in [4.78, 5) is 36.9. The summed E-state index contributed by atoms with van der Waals surface area (Å²) in [6.07, 6.45) is 1.59. The fourth-order valence-corrected chi connectivity index (χ4v) is 3.45. The van der Waals surface area contributed by atoms with Crippen LogP contribution in [0.4, 0.5) is 4.79 Å². The molecule has 2 N–H and O–H groups in total. The summed E-state index contributed by atoms with van der Waals surface area (Å²) >= 11 is 1.50. The summed E-state index contributed by atoms with van der Waals surface area (Å²) in [5.41, 5.74) is 1.94. The number of hydrogen-bond donors (Lipinski definition) is 2. The van der Waals surface area contributed by atoms with Crippen molar-refractivity contribution in [3.63, 3.8) is 0 Å². The Morgan fingerprint density at radius 3 is 2.72 bits per heavy atom. The van der Waals surface area contributed by atoms with Crippen LogP contribution in [0.25, 0.3) is 0 Å². The molecule has 8 nitrogen and oxygen atoms in total. The Morgan fingerprint density at radius 2 is 2.03 bits per heavy atom. The van der Waals surface area contributed by atoms with Crippen LogP contribution in [-0.2, 0) is 22.6 Å². The van der Waals surface area contributed by atoms with Crippen molar-refractivity contribution >= 4 is 29.2 Å². The number of aryl methyl sites for hydroxylation is 1. The van der Waals surface area contributed by atoms with Gasteiger partial charge in [-0.25, -0.2) is 9.59 Å². The van der Waals surface area contributed by atoms with Crippen LogP contribution in [-0.4, -0.2) is 29.1 Å². The molecule has 0 fully saturated rings. The third kappa shape index (κ3) is 5.35. The first-order chi connectivity index (χ1) is 13.9. The number of furan rings is 1. The van der Waals surface area contributed by atoms with E-state index >= 15 is 0 Å². The van der Waals surface area contributed by atoms with Crippen molar-refractivity contribution in [1.29, 1.82) is 0 Å². The monoisotopic (exact) mass is 415 g/mol. The standard InChI is InChI=1S/C20H21N3O5S/c1-13-9-17(14(2)23(13)11-15-5-3-7-27-15)19(25)28-12-18(24)22-20(26)21-10-16-6-4-8-29-16/h3-9H,10-12H2,1-2H3,(H2,21,22,24,26). The SMILES string of the molecule is Cc1cc(C(=O)OCC(=O)NC(=O)NCc2cccs2)c(C)n1Cc1ccco1. The van der Waals surface area contributed by atoms with E-state index in [-0.39, 0.29) is 0 Å². The van der Waals surface area contributed by atoms with E-state index < -0.39 is 24.5 Å². The molecule has 9 heteroatoms. The fraction of sp³-hybridized carbons (Fsp3) is 0.250. The summed E-state index contributed by atoms with van der Waals surface area (Å²) in [6, 6.07) is 8.45. The van der Waals surface area contributed by atoms with Gasteiger partial charge in [-0.1, -0.05) is 6.07 Å². The Morgan fingerprint density at radius 1 is 1.21 bits per heavy atom. The van der Waals surface area contributed by atoms with Crippen LogP contribution in [0.1, 0.15) is 32.4 Å². The van der Waals surface area contributed by atoms with Crippen molar-refractivity contribution in [2.24, 2.45) is 0 Å². The Kier molecular flexibility index (Phi) is 6.50. The van der Waals surface area contributed by atoms with Gasteiger partial charge < -0.3 is 19.0 Å². The Bertz CT molecular complexity index is 990. The molecule has 0 radical (unpaired) electrons. The number of hydrogen-bond acceptors (Lipinski definition) is 6. The smallest absolute Gasteiger partial charge is 0.340 e. The summed E-state index contributed by atoms with van der Waals surface area (Å²) < 4.78 is 12.3. The molecule has 0 spiro atoms. The molecule has 0 aromatic carbocycles. The lowest BCUT2D eigenvalue weighted by Gasteiger charge is -2.08. The molecule has 3 aromatic rings. The maximum absolute atomic E-state index is 12.4. The van der Waals surface area contributed by atoms with Crippen molar-refractivity contribution in [2.45, 2.75) is 26.9 Å². The van der Waals surface area contributed by atoms with Gasteiger partial charge in [0.25, 0.3) is 5.91 Å². The summed E-state index contributed by atoms with van der Waals surface area (Å²) in [5, 5.41) is 6.59. The van der Waals surface area contributed by atoms with E-state index in [1.807, 2.05) is 35.1 Å². The molecular weight excluding hydrogens is 394 g/mol. The largest absolute Gasteiger partial charge is 0.467 e. The third-order valence-corrected chi connectivity index (χ3v) is 5.15. The molecule has 0 saturated heterocycles. The quantitative estimate of drug-likeness (QED) is 0.578. The molecule has 0 bridgehead atoms. The van der Waals surface area contributed by atoms with Gasteiger partial charge in [-0.15, -0.1) is 11.3 Å². The van der Waals surface area contributed by atoms with Crippen LogP contribution in [0.2, 0.25) is 0 Å². The lowest BCUT2D eigenvalue weighted by molar-refractivity contribution is -0.123. The van der Waals surface area contributed by atoms with Crippen LogP contribution in [0.15, 0.2) is 46.4 Å². The minimum atomic E-state index is -0.702. The molecule has 3 rings (SSSR count). The van der Waals surface area contributed by atoms with Crippen molar-refractivity contribution in [1.82, 2.24) is 15.2 Å². The summed E-state index contributed by atoms with van der Waals surface area (Å²) in [7, 11) is 0. The number of carbonyl (C=O) groups excluding carboxylic acids is 3. The number of amides is 3. The number of rotatable bonds is 7. The van der Waals surface area contributed by atoms with Gasteiger partial charge in [-0.3, -0.25) is 10.1 Å². The van der Waals surface area contributed by atoms with E-state index in [0.717, 1.165) is 16.3 Å². The third-order valence-electron chi connectivity index (χ3n) is 4.28. The summed E-state index contributed by atoms with van der Waals surface area (Å²) in [5.74, 6) is -0.566. The Labute approximate surface area is 171 Å². The number of esters is 1. The van der Waals surface area contributed by atoms with Gasteiger partial charge in [0.1, 0.15) is 5.76 Å². The van der Waals surface area contributed by atoms with Gasteiger partial charge in [0, 0.05) is 16.3 Å². The highest BCUT2D eigenvalue weighted by Gasteiger charge is 2.19. The highest BCUT2D eigenvalue weighted by atomic mass is 32.1. The normalized spacial score (nSPS) is 10.6. The van der Waals surface area contributed by atoms with E-state index in [0.29, 0.717) is 24.3 Å². The molecule has 3 heterocycles.